The van der Waals surface area contributed by atoms with Gasteiger partial charge in [-0.25, -0.2) is 4.98 Å². The second-order valence-electron chi connectivity index (χ2n) is 5.01. The maximum Gasteiger partial charge on any atom is 0.416 e. The highest BCUT2D eigenvalue weighted by Gasteiger charge is 2.33. The summed E-state index contributed by atoms with van der Waals surface area (Å²) in [7, 11) is 0. The number of H-pyrrole nitrogens is 1. The second-order valence-corrected chi connectivity index (χ2v) is 5.01. The van der Waals surface area contributed by atoms with Crippen LogP contribution in [0.25, 0.3) is 17.2 Å². The second kappa shape index (κ2) is 6.23. The van der Waals surface area contributed by atoms with E-state index in [2.05, 4.69) is 20.2 Å². The average molecular weight is 374 g/mol. The molecule has 0 aliphatic carbocycles. The van der Waals surface area contributed by atoms with Crippen LogP contribution in [0.5, 0.6) is 0 Å². The van der Waals surface area contributed by atoms with Crippen molar-refractivity contribution in [3.8, 4) is 29.3 Å². The Kier molecular flexibility index (Phi) is 4.05. The van der Waals surface area contributed by atoms with E-state index >= 15 is 0 Å². The number of rotatable bonds is 3. The highest BCUT2D eigenvalue weighted by Crippen LogP contribution is 2.34. The topological polar surface area (TPSA) is 150 Å². The van der Waals surface area contributed by atoms with Gasteiger partial charge >= 0.3 is 6.18 Å². The zero-order chi connectivity index (χ0) is 19.8. The van der Waals surface area contributed by atoms with Crippen LogP contribution in [-0.4, -0.2) is 29.9 Å². The Morgan fingerprint density at radius 1 is 1.26 bits per heavy atom. The first-order chi connectivity index (χ1) is 12.7. The average Bonchev–Trinajstić information content (AvgIpc) is 3.26. The Labute approximate surface area is 147 Å². The molecule has 134 valence electrons. The molecular weight excluding hydrogens is 369 g/mol. The summed E-state index contributed by atoms with van der Waals surface area (Å²) >= 11 is 0. The third-order valence-corrected chi connectivity index (χ3v) is 3.37. The number of aromatic nitrogens is 5. The van der Waals surface area contributed by atoms with Crippen molar-refractivity contribution in [3.63, 3.8) is 0 Å². The molecule has 13 heteroatoms. The van der Waals surface area contributed by atoms with E-state index in [0.29, 0.717) is 12.1 Å². The fourth-order valence-electron chi connectivity index (χ4n) is 2.16. The van der Waals surface area contributed by atoms with Crippen molar-refractivity contribution < 1.29 is 18.1 Å². The van der Waals surface area contributed by atoms with Gasteiger partial charge in [0.2, 0.25) is 0 Å². The highest BCUT2D eigenvalue weighted by atomic mass is 19.4. The lowest BCUT2D eigenvalue weighted by Crippen LogP contribution is -2.09. The molecule has 0 aliphatic heterocycles. The Bertz CT molecular complexity index is 1100. The van der Waals surface area contributed by atoms with E-state index in [1.165, 1.54) is 0 Å². The van der Waals surface area contributed by atoms with Crippen molar-refractivity contribution in [1.82, 2.24) is 25.0 Å². The molecule has 0 saturated carbocycles. The molecule has 27 heavy (non-hydrogen) atoms. The number of imidazole rings is 1. The molecule has 1 aromatic carbocycles. The number of benzene rings is 1. The number of nitrogens with one attached hydrogen (secondary N) is 1. The quantitative estimate of drug-likeness (QED) is 0.546. The zero-order valence-corrected chi connectivity index (χ0v) is 12.9. The number of nitro benzene ring substituents is 1. The van der Waals surface area contributed by atoms with Crippen LogP contribution < -0.4 is 0 Å². The largest absolute Gasteiger partial charge is 0.416 e. The summed E-state index contributed by atoms with van der Waals surface area (Å²) in [6, 6.07) is 5.35. The third-order valence-electron chi connectivity index (χ3n) is 3.37. The fourth-order valence-corrected chi connectivity index (χ4v) is 2.16. The standard InChI is InChI=1S/C14H5F3N8O2/c15-14(16,17)7-1-2-11(12(3-7)25(26)27)24-20-6-10(23-24)13-21-8(4-18)9(5-19)22-13/h1-3,6H,(H,21,22). The number of hydrogen-bond acceptors (Lipinski definition) is 7. The molecule has 0 radical (unpaired) electrons. The number of aromatic amines is 1. The van der Waals surface area contributed by atoms with Gasteiger partial charge in [0.25, 0.3) is 5.69 Å². The Balaban J connectivity index is 2.07. The highest BCUT2D eigenvalue weighted by molar-refractivity contribution is 5.56. The van der Waals surface area contributed by atoms with E-state index in [1.54, 1.807) is 12.1 Å². The van der Waals surface area contributed by atoms with E-state index in [4.69, 9.17) is 10.5 Å². The van der Waals surface area contributed by atoms with Crippen LogP contribution >= 0.6 is 0 Å². The van der Waals surface area contributed by atoms with Crippen molar-refractivity contribution in [1.29, 1.82) is 10.5 Å². The first kappa shape index (κ1) is 17.6. The van der Waals surface area contributed by atoms with Crippen molar-refractivity contribution in [2.45, 2.75) is 6.18 Å². The van der Waals surface area contributed by atoms with Crippen LogP contribution in [0.1, 0.15) is 17.0 Å². The lowest BCUT2D eigenvalue weighted by atomic mass is 10.1. The lowest BCUT2D eigenvalue weighted by molar-refractivity contribution is -0.384. The molecule has 0 fully saturated rings. The van der Waals surface area contributed by atoms with Crippen molar-refractivity contribution in [2.75, 3.05) is 0 Å². The molecule has 0 bridgehead atoms. The van der Waals surface area contributed by atoms with Gasteiger partial charge in [0.1, 0.15) is 17.8 Å². The number of halogens is 3. The maximum absolute atomic E-state index is 12.8. The summed E-state index contributed by atoms with van der Waals surface area (Å²) in [5.41, 5.74) is -2.59. The molecular formula is C14H5F3N8O2. The van der Waals surface area contributed by atoms with Crippen LogP contribution in [-0.2, 0) is 6.18 Å². The van der Waals surface area contributed by atoms with Crippen LogP contribution in [0.4, 0.5) is 18.9 Å². The first-order valence-electron chi connectivity index (χ1n) is 6.93. The van der Waals surface area contributed by atoms with Crippen LogP contribution in [0, 0.1) is 32.8 Å². The Hall–Kier alpha value is -4.26. The molecule has 0 aliphatic rings. The molecule has 2 aromatic heterocycles. The van der Waals surface area contributed by atoms with E-state index in [-0.39, 0.29) is 28.6 Å². The molecule has 0 spiro atoms. The van der Waals surface area contributed by atoms with Gasteiger partial charge in [-0.3, -0.25) is 10.1 Å². The van der Waals surface area contributed by atoms with E-state index in [9.17, 15) is 23.3 Å². The normalized spacial score (nSPS) is 11.0. The van der Waals surface area contributed by atoms with Crippen molar-refractivity contribution in [2.24, 2.45) is 0 Å². The Morgan fingerprint density at radius 3 is 2.56 bits per heavy atom. The molecule has 0 amide bonds. The number of nitro groups is 1. The van der Waals surface area contributed by atoms with Gasteiger partial charge in [-0.1, -0.05) is 0 Å². The molecule has 0 atom stereocenters. The SMILES string of the molecule is N#Cc1nc(-c2cnn(-c3ccc(C(F)(F)F)cc3[N+](=O)[O-])n2)[nH]c1C#N. The molecule has 3 aromatic rings. The van der Waals surface area contributed by atoms with Crippen LogP contribution in [0.2, 0.25) is 0 Å². The third kappa shape index (κ3) is 3.16. The summed E-state index contributed by atoms with van der Waals surface area (Å²) in [6.07, 6.45) is -3.62. The molecule has 3 rings (SSSR count). The van der Waals surface area contributed by atoms with Gasteiger partial charge in [-0.2, -0.15) is 28.8 Å². The number of nitrogens with zero attached hydrogens (tertiary/aromatic N) is 7. The number of hydrogen-bond donors (Lipinski definition) is 1. The zero-order valence-electron chi connectivity index (χ0n) is 12.9. The molecule has 0 unspecified atom stereocenters. The molecule has 0 saturated heterocycles. The predicted molar refractivity (Wildman–Crippen MR) is 80.0 cm³/mol. The van der Waals surface area contributed by atoms with Crippen molar-refractivity contribution >= 4 is 5.69 Å². The van der Waals surface area contributed by atoms with Crippen LogP contribution in [0.15, 0.2) is 24.4 Å². The van der Waals surface area contributed by atoms with Gasteiger partial charge < -0.3 is 4.98 Å². The van der Waals surface area contributed by atoms with E-state index in [0.717, 1.165) is 17.1 Å². The summed E-state index contributed by atoms with van der Waals surface area (Å²) < 4.78 is 38.3. The van der Waals surface area contributed by atoms with Gasteiger partial charge in [-0.15, -0.1) is 9.90 Å². The summed E-state index contributed by atoms with van der Waals surface area (Å²) in [4.78, 5) is 17.3. The minimum atomic E-state index is -4.75. The minimum absolute atomic E-state index is 0.00362. The van der Waals surface area contributed by atoms with Gasteiger partial charge in [0, 0.05) is 6.07 Å². The van der Waals surface area contributed by atoms with Gasteiger partial charge in [0.15, 0.2) is 22.9 Å². The maximum atomic E-state index is 12.8. The van der Waals surface area contributed by atoms with E-state index < -0.39 is 22.4 Å². The summed E-state index contributed by atoms with van der Waals surface area (Å²) in [5, 5.41) is 36.6. The lowest BCUT2D eigenvalue weighted by Gasteiger charge is -2.08. The van der Waals surface area contributed by atoms with Crippen molar-refractivity contribution in [3.05, 3.63) is 51.5 Å². The monoisotopic (exact) mass is 374 g/mol. The predicted octanol–water partition coefficient (Wildman–Crippen LogP) is 2.33. The first-order valence-corrected chi connectivity index (χ1v) is 6.93. The van der Waals surface area contributed by atoms with Gasteiger partial charge in [0.05, 0.1) is 16.7 Å². The molecule has 1 N–H and O–H groups in total. The van der Waals surface area contributed by atoms with E-state index in [1.807, 2.05) is 0 Å². The number of alkyl halides is 3. The van der Waals surface area contributed by atoms with Crippen LogP contribution in [0.3, 0.4) is 0 Å². The Morgan fingerprint density at radius 2 is 2.00 bits per heavy atom. The van der Waals surface area contributed by atoms with Gasteiger partial charge in [-0.05, 0) is 12.1 Å². The minimum Gasteiger partial charge on any atom is -0.327 e. The summed E-state index contributed by atoms with van der Waals surface area (Å²) in [6.45, 7) is 0. The number of nitriles is 2. The molecule has 10 nitrogen and oxygen atoms in total. The molecule has 2 heterocycles. The smallest absolute Gasteiger partial charge is 0.327 e. The summed E-state index contributed by atoms with van der Waals surface area (Å²) in [5.74, 6) is 0.00362. The fraction of sp³-hybridized carbons (Fsp3) is 0.0714.